The maximum absolute atomic E-state index is 12.9. The number of fused-ring (bicyclic) bond motifs is 3. The molecule has 63 heavy (non-hydrogen) atoms. The van der Waals surface area contributed by atoms with Gasteiger partial charge in [-0.05, 0) is 84.9 Å². The zero-order valence-electron chi connectivity index (χ0n) is 32.9. The van der Waals surface area contributed by atoms with Gasteiger partial charge in [-0.25, -0.2) is 14.6 Å². The van der Waals surface area contributed by atoms with E-state index in [1.807, 2.05) is 0 Å². The Balaban J connectivity index is 0.865. The molecule has 322 valence electrons. The molecule has 0 bridgehead atoms. The first kappa shape index (κ1) is 42.9. The number of phenolic OH excluding ortho intramolecular Hbond substituents is 1. The van der Waals surface area contributed by atoms with Gasteiger partial charge in [0.1, 0.15) is 23.1 Å². The van der Waals surface area contributed by atoms with Crippen molar-refractivity contribution in [2.75, 3.05) is 30.3 Å². The molecule has 0 fully saturated rings. The second-order valence-electron chi connectivity index (χ2n) is 14.2. The number of rotatable bonds is 15. The number of hydrogen-bond acceptors (Lipinski definition) is 14. The third kappa shape index (κ3) is 10.2. The number of thiocarbonyl (C=S) groups is 1. The number of aromatic hydroxyl groups is 1. The van der Waals surface area contributed by atoms with Crippen molar-refractivity contribution in [2.24, 2.45) is 20.7 Å². The molecule has 20 nitrogen and oxygen atoms in total. The molecule has 0 saturated heterocycles. The lowest BCUT2D eigenvalue weighted by Crippen LogP contribution is -2.52. The number of phenols is 1. The number of carbonyl (C=O) groups is 5. The third-order valence-corrected chi connectivity index (χ3v) is 10.1. The summed E-state index contributed by atoms with van der Waals surface area (Å²) in [4.78, 5) is 86.9. The minimum absolute atomic E-state index is 0.0158. The van der Waals surface area contributed by atoms with Gasteiger partial charge in [0.05, 0.1) is 17.8 Å². The molecule has 2 unspecified atom stereocenters. The summed E-state index contributed by atoms with van der Waals surface area (Å²) < 4.78 is 5.88. The lowest BCUT2D eigenvalue weighted by atomic mass is 9.90. The van der Waals surface area contributed by atoms with Crippen molar-refractivity contribution in [1.82, 2.24) is 21.3 Å². The Morgan fingerprint density at radius 1 is 0.889 bits per heavy atom. The number of nitrogens with one attached hydrogen (secondary N) is 6. The predicted molar refractivity (Wildman–Crippen MR) is 237 cm³/mol. The number of anilines is 2. The summed E-state index contributed by atoms with van der Waals surface area (Å²) in [5.41, 5.74) is 8.40. The molecule has 7 rings (SSSR count). The van der Waals surface area contributed by atoms with Crippen LogP contribution in [0.2, 0.25) is 0 Å². The average molecular weight is 875 g/mol. The summed E-state index contributed by atoms with van der Waals surface area (Å²) in [6.45, 7) is 0.489. The smallest absolute Gasteiger partial charge is 0.336 e. The van der Waals surface area contributed by atoms with Crippen LogP contribution >= 0.6 is 12.2 Å². The van der Waals surface area contributed by atoms with Crippen LogP contribution in [0.15, 0.2) is 103 Å². The number of aromatic carboxylic acids is 1. The van der Waals surface area contributed by atoms with Gasteiger partial charge in [-0.1, -0.05) is 6.07 Å². The molecule has 3 heterocycles. The van der Waals surface area contributed by atoms with E-state index in [4.69, 9.17) is 22.4 Å². The Bertz CT molecular complexity index is 2790. The minimum atomic E-state index is -1.35. The van der Waals surface area contributed by atoms with E-state index in [9.17, 15) is 44.1 Å². The molecule has 0 aromatic heterocycles. The molecular weight excluding hydrogens is 837 g/mol. The maximum atomic E-state index is 12.9. The van der Waals surface area contributed by atoms with E-state index < -0.39 is 47.9 Å². The monoisotopic (exact) mass is 874 g/mol. The summed E-state index contributed by atoms with van der Waals surface area (Å²) in [6, 6.07) is 17.3. The molecule has 3 aromatic rings. The number of aliphatic carboxylic acids is 1. The number of guanidine groups is 1. The highest BCUT2D eigenvalue weighted by Gasteiger charge is 2.34. The number of nitrogens with zero attached hydrogens (tertiary/aromatic N) is 3. The van der Waals surface area contributed by atoms with Crippen molar-refractivity contribution in [1.29, 1.82) is 0 Å². The number of aliphatic imine (C=N–C) groups is 3. The maximum Gasteiger partial charge on any atom is 0.336 e. The number of hydrogen-bond donors (Lipinski definition) is 10. The summed E-state index contributed by atoms with van der Waals surface area (Å²) in [6.07, 6.45) is 0.399. The lowest BCUT2D eigenvalue weighted by Gasteiger charge is -2.25. The number of carbonyl (C=O) groups excluding carboxylic acids is 3. The van der Waals surface area contributed by atoms with Crippen LogP contribution < -0.4 is 43.1 Å². The Kier molecular flexibility index (Phi) is 12.7. The van der Waals surface area contributed by atoms with Gasteiger partial charge in [0.2, 0.25) is 5.91 Å². The molecule has 4 aliphatic rings. The Hall–Kier alpha value is -8.20. The Morgan fingerprint density at radius 3 is 2.40 bits per heavy atom. The molecular formula is C42H38N10O10S. The molecule has 1 aliphatic carbocycles. The van der Waals surface area contributed by atoms with Crippen molar-refractivity contribution in [3.8, 4) is 28.2 Å². The standard InChI is InChI=1S/C42H38N10O10S/c43-41-51-36-35(38(57)52-41)48-23(19-47-36)18-46-21-3-1-20(2-4-21)37(56)50-30(40(60)61)11-12-33(55)44-13-14-45-42(63)49-22-5-8-26(29(15-22)39(58)59)34-27-9-6-24(53)16-31(27)62-32-17-25(54)7-10-28(32)34/h1-10,15-17,19,30,35-36,46,53H,11-14,18H2,(H,44,55)(H,50,56)(H,58,59)(H,60,61)(H2,45,49,63)(H3,43,51,52,57)/t30-,35?,36?/m0/s1. The van der Waals surface area contributed by atoms with Crippen LogP contribution in [0.25, 0.3) is 33.4 Å². The molecule has 3 atom stereocenters. The molecule has 0 spiro atoms. The van der Waals surface area contributed by atoms with Crippen LogP contribution in [0.1, 0.15) is 33.6 Å². The van der Waals surface area contributed by atoms with Gasteiger partial charge in [-0.15, -0.1) is 0 Å². The second kappa shape index (κ2) is 18.6. The largest absolute Gasteiger partial charge is 0.508 e. The van der Waals surface area contributed by atoms with Crippen LogP contribution in [0.3, 0.4) is 0 Å². The first-order chi connectivity index (χ1) is 30.2. The SMILES string of the molecule is NC1=NC2N=CC(CNc3ccc(C(=O)N[C@@H](CCC(=O)NCCNC(=S)Nc4ccc(-c5c6ccc(=O)cc-6oc6cc(O)ccc56)c(C(=O)O)c4)C(=O)O)cc3)=NC2C(=O)N1. The first-order valence-electron chi connectivity index (χ1n) is 19.2. The van der Waals surface area contributed by atoms with Gasteiger partial charge in [0, 0.05) is 71.3 Å². The van der Waals surface area contributed by atoms with Crippen LogP contribution in [0.5, 0.6) is 5.75 Å². The van der Waals surface area contributed by atoms with Gasteiger partial charge in [0.25, 0.3) is 11.8 Å². The fourth-order valence-electron chi connectivity index (χ4n) is 6.80. The fraction of sp³-hybridized carbons (Fsp3) is 0.190. The molecule has 3 aliphatic heterocycles. The van der Waals surface area contributed by atoms with Crippen molar-refractivity contribution in [2.45, 2.75) is 31.1 Å². The van der Waals surface area contributed by atoms with E-state index in [0.29, 0.717) is 39.2 Å². The van der Waals surface area contributed by atoms with Gasteiger partial charge >= 0.3 is 11.9 Å². The number of carboxylic acids is 2. The number of nitrogens with two attached hydrogens (primary N) is 1. The normalized spacial score (nSPS) is 15.8. The minimum Gasteiger partial charge on any atom is -0.508 e. The number of benzene rings is 4. The predicted octanol–water partition coefficient (Wildman–Crippen LogP) is 2.11. The first-order valence-corrected chi connectivity index (χ1v) is 19.6. The van der Waals surface area contributed by atoms with Gasteiger partial charge < -0.3 is 52.1 Å². The number of amides is 3. The highest BCUT2D eigenvalue weighted by atomic mass is 32.1. The van der Waals surface area contributed by atoms with Crippen molar-refractivity contribution in [3.63, 3.8) is 0 Å². The topological polar surface area (TPSA) is 312 Å². The van der Waals surface area contributed by atoms with Crippen LogP contribution in [-0.4, -0.2) is 106 Å². The molecule has 0 saturated carbocycles. The van der Waals surface area contributed by atoms with E-state index in [2.05, 4.69) is 46.9 Å². The fourth-order valence-corrected chi connectivity index (χ4v) is 7.02. The molecule has 21 heteroatoms. The summed E-state index contributed by atoms with van der Waals surface area (Å²) in [5, 5.41) is 47.2. The average Bonchev–Trinajstić information content (AvgIpc) is 3.25. The van der Waals surface area contributed by atoms with Gasteiger partial charge in [-0.3, -0.25) is 34.5 Å². The summed E-state index contributed by atoms with van der Waals surface area (Å²) >= 11 is 5.38. The zero-order chi connectivity index (χ0) is 44.8. The van der Waals surface area contributed by atoms with Crippen LogP contribution in [0.4, 0.5) is 11.4 Å². The van der Waals surface area contributed by atoms with Crippen molar-refractivity contribution < 1.29 is 43.7 Å². The summed E-state index contributed by atoms with van der Waals surface area (Å²) in [7, 11) is 0. The highest BCUT2D eigenvalue weighted by Crippen LogP contribution is 2.42. The quantitative estimate of drug-likeness (QED) is 0.0409. The van der Waals surface area contributed by atoms with Gasteiger partial charge in [-0.2, -0.15) is 0 Å². The van der Waals surface area contributed by atoms with E-state index in [1.54, 1.807) is 36.4 Å². The molecule has 0 radical (unpaired) electrons. The summed E-state index contributed by atoms with van der Waals surface area (Å²) in [5.74, 6) is -3.94. The molecule has 3 amide bonds. The lowest BCUT2D eigenvalue weighted by molar-refractivity contribution is -0.139. The Labute approximate surface area is 361 Å². The van der Waals surface area contributed by atoms with Crippen LogP contribution in [0, 0.1) is 0 Å². The molecule has 3 aromatic carbocycles. The van der Waals surface area contributed by atoms with Crippen molar-refractivity contribution in [3.05, 3.63) is 100 Å². The van der Waals surface area contributed by atoms with E-state index in [1.165, 1.54) is 48.7 Å². The highest BCUT2D eigenvalue weighted by molar-refractivity contribution is 7.80. The third-order valence-electron chi connectivity index (χ3n) is 9.83. The van der Waals surface area contributed by atoms with Crippen LogP contribution in [-0.2, 0) is 14.4 Å². The van der Waals surface area contributed by atoms with E-state index >= 15 is 0 Å². The second-order valence-corrected chi connectivity index (χ2v) is 14.6. The number of carboxylic acid groups (broad SMARTS) is 2. The van der Waals surface area contributed by atoms with E-state index in [0.717, 1.165) is 0 Å². The van der Waals surface area contributed by atoms with E-state index in [-0.39, 0.29) is 77.2 Å². The zero-order valence-corrected chi connectivity index (χ0v) is 33.7. The molecule has 11 N–H and O–H groups in total. The van der Waals surface area contributed by atoms with Crippen molar-refractivity contribution >= 4 is 87.2 Å². The van der Waals surface area contributed by atoms with Gasteiger partial charge in [0.15, 0.2) is 28.7 Å². The Morgan fingerprint density at radius 2 is 1.63 bits per heavy atom.